The predicted octanol–water partition coefficient (Wildman–Crippen LogP) is 4.05. The van der Waals surface area contributed by atoms with Crippen molar-refractivity contribution in [1.29, 1.82) is 0 Å². The normalized spacial score (nSPS) is 12.5. The molecule has 0 aliphatic carbocycles. The van der Waals surface area contributed by atoms with E-state index in [0.29, 0.717) is 11.8 Å². The van der Waals surface area contributed by atoms with Crippen LogP contribution in [0.5, 0.6) is 11.6 Å². The van der Waals surface area contributed by atoms with Crippen molar-refractivity contribution in [2.24, 2.45) is 0 Å². The molecule has 1 heterocycles. The molecule has 0 unspecified atom stereocenters. The number of aliphatic hydroxyl groups is 1. The molecule has 0 fully saturated rings. The molecule has 0 spiro atoms. The third-order valence-electron chi connectivity index (χ3n) is 3.01. The van der Waals surface area contributed by atoms with Crippen LogP contribution in [-0.4, -0.2) is 10.1 Å². The third-order valence-corrected chi connectivity index (χ3v) is 3.01. The van der Waals surface area contributed by atoms with E-state index < -0.39 is 6.10 Å². The molecule has 2 rings (SSSR count). The SMILES string of the molecule is CC(C)c1ccc(Oc2ccc([C@H](C)O)cn2)cc1. The van der Waals surface area contributed by atoms with Gasteiger partial charge >= 0.3 is 0 Å². The fourth-order valence-corrected chi connectivity index (χ4v) is 1.74. The van der Waals surface area contributed by atoms with Crippen LogP contribution in [0.3, 0.4) is 0 Å². The lowest BCUT2D eigenvalue weighted by atomic mass is 10.0. The van der Waals surface area contributed by atoms with Crippen LogP contribution in [0.15, 0.2) is 42.6 Å². The third kappa shape index (κ3) is 3.55. The second-order valence-electron chi connectivity index (χ2n) is 4.93. The number of nitrogens with zero attached hydrogens (tertiary/aromatic N) is 1. The highest BCUT2D eigenvalue weighted by atomic mass is 16.5. The molecular weight excluding hydrogens is 238 g/mol. The van der Waals surface area contributed by atoms with Gasteiger partial charge in [0.15, 0.2) is 0 Å². The lowest BCUT2D eigenvalue weighted by Crippen LogP contribution is -1.94. The van der Waals surface area contributed by atoms with Crippen LogP contribution < -0.4 is 4.74 Å². The molecule has 0 radical (unpaired) electrons. The highest BCUT2D eigenvalue weighted by molar-refractivity contribution is 5.32. The minimum absolute atomic E-state index is 0.508. The maximum absolute atomic E-state index is 9.41. The van der Waals surface area contributed by atoms with Crippen molar-refractivity contribution in [1.82, 2.24) is 4.98 Å². The lowest BCUT2D eigenvalue weighted by molar-refractivity contribution is 0.198. The van der Waals surface area contributed by atoms with Crippen LogP contribution in [0, 0.1) is 0 Å². The van der Waals surface area contributed by atoms with E-state index in [1.54, 1.807) is 19.2 Å². The molecule has 1 atom stereocenters. The number of benzene rings is 1. The maximum atomic E-state index is 9.41. The van der Waals surface area contributed by atoms with E-state index in [-0.39, 0.29) is 0 Å². The maximum Gasteiger partial charge on any atom is 0.219 e. The molecule has 2 aromatic rings. The van der Waals surface area contributed by atoms with Gasteiger partial charge in [-0.3, -0.25) is 0 Å². The molecule has 0 bridgehead atoms. The molecule has 100 valence electrons. The molecular formula is C16H19NO2. The van der Waals surface area contributed by atoms with Crippen LogP contribution in [-0.2, 0) is 0 Å². The summed E-state index contributed by atoms with van der Waals surface area (Å²) in [5, 5.41) is 9.41. The van der Waals surface area contributed by atoms with E-state index >= 15 is 0 Å². The smallest absolute Gasteiger partial charge is 0.219 e. The van der Waals surface area contributed by atoms with E-state index in [1.165, 1.54) is 5.56 Å². The molecule has 0 saturated heterocycles. The number of ether oxygens (including phenoxy) is 1. The Bertz CT molecular complexity index is 466. The molecule has 3 heteroatoms. The summed E-state index contributed by atoms with van der Waals surface area (Å²) in [5.41, 5.74) is 2.06. The second-order valence-corrected chi connectivity index (χ2v) is 4.93. The zero-order valence-electron chi connectivity index (χ0n) is 11.5. The van der Waals surface area contributed by atoms with E-state index in [1.807, 2.05) is 18.2 Å². The summed E-state index contributed by atoms with van der Waals surface area (Å²) in [4.78, 5) is 4.17. The van der Waals surface area contributed by atoms with Gasteiger partial charge in [-0.15, -0.1) is 0 Å². The Balaban J connectivity index is 2.08. The van der Waals surface area contributed by atoms with Crippen LogP contribution in [0.1, 0.15) is 43.9 Å². The van der Waals surface area contributed by atoms with Gasteiger partial charge in [0.2, 0.25) is 5.88 Å². The summed E-state index contributed by atoms with van der Waals surface area (Å²) in [5.74, 6) is 1.81. The first kappa shape index (κ1) is 13.6. The standard InChI is InChI=1S/C16H19NO2/c1-11(2)13-4-7-15(8-5-13)19-16-9-6-14(10-17-16)12(3)18/h4-12,18H,1-3H3/t12-/m0/s1. The molecule has 0 saturated carbocycles. The zero-order chi connectivity index (χ0) is 13.8. The topological polar surface area (TPSA) is 42.4 Å². The molecule has 19 heavy (non-hydrogen) atoms. The van der Waals surface area contributed by atoms with E-state index in [4.69, 9.17) is 4.74 Å². The first-order chi connectivity index (χ1) is 9.06. The van der Waals surface area contributed by atoms with Crippen molar-refractivity contribution < 1.29 is 9.84 Å². The number of aliphatic hydroxyl groups excluding tert-OH is 1. The van der Waals surface area contributed by atoms with Gasteiger partial charge in [-0.05, 0) is 42.2 Å². The molecule has 0 amide bonds. The highest BCUT2D eigenvalue weighted by Gasteiger charge is 2.04. The number of hydrogen-bond acceptors (Lipinski definition) is 3. The number of aromatic nitrogens is 1. The Morgan fingerprint density at radius 2 is 1.58 bits per heavy atom. The van der Waals surface area contributed by atoms with Crippen molar-refractivity contribution in [3.8, 4) is 11.6 Å². The predicted molar refractivity (Wildman–Crippen MR) is 75.5 cm³/mol. The van der Waals surface area contributed by atoms with Gasteiger partial charge in [0, 0.05) is 12.3 Å². The fraction of sp³-hybridized carbons (Fsp3) is 0.312. The first-order valence-corrected chi connectivity index (χ1v) is 6.48. The average molecular weight is 257 g/mol. The molecule has 1 aromatic carbocycles. The van der Waals surface area contributed by atoms with Crippen molar-refractivity contribution >= 4 is 0 Å². The first-order valence-electron chi connectivity index (χ1n) is 6.48. The molecule has 1 aromatic heterocycles. The summed E-state index contributed by atoms with van der Waals surface area (Å²) in [7, 11) is 0. The van der Waals surface area contributed by atoms with Crippen molar-refractivity contribution in [2.75, 3.05) is 0 Å². The Kier molecular flexibility index (Phi) is 4.17. The Morgan fingerprint density at radius 3 is 2.05 bits per heavy atom. The number of rotatable bonds is 4. The number of pyridine rings is 1. The summed E-state index contributed by atoms with van der Waals surface area (Å²) in [6.45, 7) is 6.03. The van der Waals surface area contributed by atoms with Crippen LogP contribution in [0.25, 0.3) is 0 Å². The van der Waals surface area contributed by atoms with Crippen molar-refractivity contribution in [2.45, 2.75) is 32.8 Å². The minimum atomic E-state index is -0.508. The van der Waals surface area contributed by atoms with Crippen molar-refractivity contribution in [3.63, 3.8) is 0 Å². The quantitative estimate of drug-likeness (QED) is 0.898. The average Bonchev–Trinajstić information content (AvgIpc) is 2.40. The van der Waals surface area contributed by atoms with Crippen molar-refractivity contribution in [3.05, 3.63) is 53.7 Å². The highest BCUT2D eigenvalue weighted by Crippen LogP contribution is 2.23. The monoisotopic (exact) mass is 257 g/mol. The molecule has 0 aliphatic heterocycles. The number of hydrogen-bond donors (Lipinski definition) is 1. The van der Waals surface area contributed by atoms with E-state index in [0.717, 1.165) is 11.3 Å². The largest absolute Gasteiger partial charge is 0.439 e. The zero-order valence-corrected chi connectivity index (χ0v) is 11.5. The van der Waals surface area contributed by atoms with Gasteiger partial charge in [0.25, 0.3) is 0 Å². The second kappa shape index (κ2) is 5.85. The fourth-order valence-electron chi connectivity index (χ4n) is 1.74. The van der Waals surface area contributed by atoms with Gasteiger partial charge in [-0.2, -0.15) is 0 Å². The Hall–Kier alpha value is -1.87. The van der Waals surface area contributed by atoms with Gasteiger partial charge in [0.05, 0.1) is 6.10 Å². The molecule has 0 aliphatic rings. The van der Waals surface area contributed by atoms with Crippen LogP contribution >= 0.6 is 0 Å². The Labute approximate surface area is 113 Å². The summed E-state index contributed by atoms with van der Waals surface area (Å²) in [6, 6.07) is 11.6. The van der Waals surface area contributed by atoms with Gasteiger partial charge in [0.1, 0.15) is 5.75 Å². The van der Waals surface area contributed by atoms with Crippen LogP contribution in [0.4, 0.5) is 0 Å². The summed E-state index contributed by atoms with van der Waals surface area (Å²) in [6.07, 6.45) is 1.12. The van der Waals surface area contributed by atoms with Gasteiger partial charge < -0.3 is 9.84 Å². The lowest BCUT2D eigenvalue weighted by Gasteiger charge is -2.09. The summed E-state index contributed by atoms with van der Waals surface area (Å²) >= 11 is 0. The molecule has 3 nitrogen and oxygen atoms in total. The van der Waals surface area contributed by atoms with E-state index in [9.17, 15) is 5.11 Å². The Morgan fingerprint density at radius 1 is 0.947 bits per heavy atom. The van der Waals surface area contributed by atoms with Gasteiger partial charge in [-0.25, -0.2) is 4.98 Å². The van der Waals surface area contributed by atoms with Crippen LogP contribution in [0.2, 0.25) is 0 Å². The minimum Gasteiger partial charge on any atom is -0.439 e. The van der Waals surface area contributed by atoms with E-state index in [2.05, 4.69) is 31.0 Å². The molecule has 1 N–H and O–H groups in total. The summed E-state index contributed by atoms with van der Waals surface area (Å²) < 4.78 is 5.66. The van der Waals surface area contributed by atoms with Gasteiger partial charge in [-0.1, -0.05) is 26.0 Å².